The molecule has 1 heteroatoms. The average Bonchev–Trinajstić information content (AvgIpc) is 2.77. The topological polar surface area (TPSA) is 3.88 Å². The highest BCUT2D eigenvalue weighted by molar-refractivity contribution is 5.07. The van der Waals surface area contributed by atoms with Crippen LogP contribution in [0.25, 0.3) is 0 Å². The summed E-state index contributed by atoms with van der Waals surface area (Å²) in [6.07, 6.45) is 34.3. The van der Waals surface area contributed by atoms with Crippen molar-refractivity contribution in [1.29, 1.82) is 0 Å². The molecule has 0 atom stereocenters. The third-order valence-electron chi connectivity index (χ3n) is 6.55. The van der Waals surface area contributed by atoms with Gasteiger partial charge in [0.1, 0.15) is 6.54 Å². The molecule has 0 N–H and O–H groups in total. The molecule has 1 nitrogen and oxygen atoms in total. The zero-order valence-corrected chi connectivity index (χ0v) is 20.8. The van der Waals surface area contributed by atoms with Crippen molar-refractivity contribution in [3.05, 3.63) is 30.1 Å². The van der Waals surface area contributed by atoms with Crippen LogP contribution in [0.15, 0.2) is 24.5 Å². The molecular weight excluding hydrogens is 362 g/mol. The Morgan fingerprint density at radius 3 is 1.27 bits per heavy atom. The van der Waals surface area contributed by atoms with Crippen molar-refractivity contribution >= 4 is 0 Å². The van der Waals surface area contributed by atoms with E-state index in [1.54, 1.807) is 0 Å². The molecule has 30 heavy (non-hydrogen) atoms. The van der Waals surface area contributed by atoms with E-state index in [1.165, 1.54) is 147 Å². The Morgan fingerprint density at radius 2 is 0.833 bits per heavy atom. The first-order chi connectivity index (χ1) is 14.9. The van der Waals surface area contributed by atoms with Gasteiger partial charge in [-0.05, 0) is 24.8 Å². The fraction of sp³-hybridized carbons (Fsp3) is 0.828. The van der Waals surface area contributed by atoms with Crippen LogP contribution in [-0.4, -0.2) is 0 Å². The minimum absolute atomic E-state index is 1.19. The normalized spacial score (nSPS) is 11.3. The minimum atomic E-state index is 1.19. The molecule has 0 aliphatic heterocycles. The summed E-state index contributed by atoms with van der Waals surface area (Å²) in [4.78, 5) is 0. The van der Waals surface area contributed by atoms with Crippen molar-refractivity contribution in [3.8, 4) is 0 Å². The molecule has 1 aromatic heterocycles. The first-order valence-electron chi connectivity index (χ1n) is 13.8. The molecule has 0 unspecified atom stereocenters. The summed E-state index contributed by atoms with van der Waals surface area (Å²) in [6.45, 7) is 5.77. The van der Waals surface area contributed by atoms with Gasteiger partial charge in [0.25, 0.3) is 0 Å². The van der Waals surface area contributed by atoms with E-state index in [4.69, 9.17) is 0 Å². The van der Waals surface area contributed by atoms with Gasteiger partial charge in [0, 0.05) is 18.6 Å². The lowest BCUT2D eigenvalue weighted by Gasteiger charge is -2.04. The maximum Gasteiger partial charge on any atom is 0.169 e. The van der Waals surface area contributed by atoms with Gasteiger partial charge in [0.05, 0.1) is 0 Å². The van der Waals surface area contributed by atoms with Crippen molar-refractivity contribution in [2.45, 2.75) is 155 Å². The van der Waals surface area contributed by atoms with Crippen molar-refractivity contribution in [3.63, 3.8) is 0 Å². The molecule has 0 radical (unpaired) electrons. The number of unbranched alkanes of at least 4 members (excludes halogenated alkanes) is 18. The van der Waals surface area contributed by atoms with Crippen molar-refractivity contribution < 1.29 is 4.57 Å². The van der Waals surface area contributed by atoms with Crippen LogP contribution in [0.4, 0.5) is 0 Å². The predicted molar refractivity (Wildman–Crippen MR) is 134 cm³/mol. The highest BCUT2D eigenvalue weighted by Gasteiger charge is 2.01. The van der Waals surface area contributed by atoms with Crippen LogP contribution < -0.4 is 4.57 Å². The van der Waals surface area contributed by atoms with Crippen LogP contribution in [0.2, 0.25) is 0 Å². The van der Waals surface area contributed by atoms with Gasteiger partial charge in [0.2, 0.25) is 0 Å². The lowest BCUT2D eigenvalue weighted by molar-refractivity contribution is -0.697. The summed E-state index contributed by atoms with van der Waals surface area (Å²) in [5, 5.41) is 0. The number of hydrogen-bond acceptors (Lipinski definition) is 0. The van der Waals surface area contributed by atoms with Crippen molar-refractivity contribution in [1.82, 2.24) is 0 Å². The first-order valence-corrected chi connectivity index (χ1v) is 13.8. The van der Waals surface area contributed by atoms with Crippen LogP contribution in [0.5, 0.6) is 0 Å². The maximum absolute atomic E-state index is 2.37. The molecule has 0 amide bonds. The summed E-state index contributed by atoms with van der Waals surface area (Å²) in [5.41, 5.74) is 1.52. The summed E-state index contributed by atoms with van der Waals surface area (Å²) in [6, 6.07) is 4.69. The van der Waals surface area contributed by atoms with Gasteiger partial charge in [-0.2, -0.15) is 0 Å². The SMILES string of the molecule is CCCCCCCCCCCCCCCCc1cc[n+](CCCCCCCC)cc1. The third kappa shape index (κ3) is 16.9. The molecule has 1 heterocycles. The van der Waals surface area contributed by atoms with Crippen molar-refractivity contribution in [2.75, 3.05) is 0 Å². The predicted octanol–water partition coefficient (Wildman–Crippen LogP) is 9.36. The standard InChI is InChI=1S/C29H54N/c1-3-5-7-9-11-12-13-14-15-16-17-18-19-21-23-29-24-27-30(28-25-29)26-22-20-10-8-6-4-2/h24-25,27-28H,3-23,26H2,1-2H3/q+1. The van der Waals surface area contributed by atoms with E-state index < -0.39 is 0 Å². The summed E-state index contributed by atoms with van der Waals surface area (Å²) >= 11 is 0. The lowest BCUT2D eigenvalue weighted by atomic mass is 10.0. The zero-order chi connectivity index (χ0) is 21.5. The van der Waals surface area contributed by atoms with E-state index in [9.17, 15) is 0 Å². The van der Waals surface area contributed by atoms with Gasteiger partial charge in [-0.15, -0.1) is 0 Å². The van der Waals surface area contributed by atoms with E-state index in [2.05, 4.69) is 42.9 Å². The smallest absolute Gasteiger partial charge is 0.169 e. The molecule has 0 saturated carbocycles. The molecule has 174 valence electrons. The number of aromatic nitrogens is 1. The van der Waals surface area contributed by atoms with E-state index >= 15 is 0 Å². The second kappa shape index (κ2) is 21.4. The molecular formula is C29H54N+. The zero-order valence-electron chi connectivity index (χ0n) is 20.8. The van der Waals surface area contributed by atoms with Crippen LogP contribution in [0.1, 0.15) is 148 Å². The van der Waals surface area contributed by atoms with Gasteiger partial charge >= 0.3 is 0 Å². The molecule has 0 aliphatic carbocycles. The largest absolute Gasteiger partial charge is 0.205 e. The molecule has 1 aromatic rings. The van der Waals surface area contributed by atoms with Gasteiger partial charge in [0.15, 0.2) is 12.4 Å². The lowest BCUT2D eigenvalue weighted by Crippen LogP contribution is -2.32. The van der Waals surface area contributed by atoms with Crippen LogP contribution in [0, 0.1) is 0 Å². The monoisotopic (exact) mass is 416 g/mol. The van der Waals surface area contributed by atoms with Gasteiger partial charge in [-0.25, -0.2) is 4.57 Å². The van der Waals surface area contributed by atoms with Gasteiger partial charge in [-0.1, -0.05) is 123 Å². The van der Waals surface area contributed by atoms with Crippen LogP contribution >= 0.6 is 0 Å². The summed E-state index contributed by atoms with van der Waals surface area (Å²) < 4.78 is 2.37. The Labute approximate surface area is 190 Å². The van der Waals surface area contributed by atoms with Crippen LogP contribution in [-0.2, 0) is 13.0 Å². The number of nitrogens with zero attached hydrogens (tertiary/aromatic N) is 1. The molecule has 1 rings (SSSR count). The van der Waals surface area contributed by atoms with Crippen LogP contribution in [0.3, 0.4) is 0 Å². The number of pyridine rings is 1. The molecule has 0 fully saturated rings. The van der Waals surface area contributed by atoms with E-state index in [0.29, 0.717) is 0 Å². The van der Waals surface area contributed by atoms with Gasteiger partial charge in [-0.3, -0.25) is 0 Å². The first kappa shape index (κ1) is 27.2. The molecule has 0 saturated heterocycles. The van der Waals surface area contributed by atoms with Gasteiger partial charge < -0.3 is 0 Å². The van der Waals surface area contributed by atoms with E-state index in [0.717, 1.165) is 0 Å². The second-order valence-electron chi connectivity index (χ2n) is 9.56. The van der Waals surface area contributed by atoms with Crippen molar-refractivity contribution in [2.24, 2.45) is 0 Å². The Bertz CT molecular complexity index is 450. The quantitative estimate of drug-likeness (QED) is 0.131. The number of rotatable bonds is 22. The van der Waals surface area contributed by atoms with E-state index in [1.807, 2.05) is 0 Å². The second-order valence-corrected chi connectivity index (χ2v) is 9.56. The Kier molecular flexibility index (Phi) is 19.4. The average molecular weight is 417 g/mol. The number of hydrogen-bond donors (Lipinski definition) is 0. The summed E-state index contributed by atoms with van der Waals surface area (Å²) in [7, 11) is 0. The Balaban J connectivity index is 1.87. The number of aryl methyl sites for hydroxylation is 2. The minimum Gasteiger partial charge on any atom is -0.205 e. The maximum atomic E-state index is 2.37. The molecule has 0 aromatic carbocycles. The highest BCUT2D eigenvalue weighted by atomic mass is 14.9. The van der Waals surface area contributed by atoms with E-state index in [-0.39, 0.29) is 0 Å². The molecule has 0 aliphatic rings. The Hall–Kier alpha value is -0.850. The fourth-order valence-electron chi connectivity index (χ4n) is 4.40. The molecule has 0 spiro atoms. The molecule has 0 bridgehead atoms. The Morgan fingerprint density at radius 1 is 0.467 bits per heavy atom. The fourth-order valence-corrected chi connectivity index (χ4v) is 4.40. The summed E-state index contributed by atoms with van der Waals surface area (Å²) in [5.74, 6) is 0. The highest BCUT2D eigenvalue weighted by Crippen LogP contribution is 2.14. The third-order valence-corrected chi connectivity index (χ3v) is 6.55.